The smallest absolute Gasteiger partial charge is 0.333 e. The van der Waals surface area contributed by atoms with Gasteiger partial charge < -0.3 is 10.6 Å². The maximum absolute atomic E-state index is 13.3. The highest BCUT2D eigenvalue weighted by Gasteiger charge is 2.27. The van der Waals surface area contributed by atoms with Crippen molar-refractivity contribution in [2.75, 3.05) is 18.1 Å². The predicted molar refractivity (Wildman–Crippen MR) is 95.3 cm³/mol. The van der Waals surface area contributed by atoms with Crippen LogP contribution in [-0.4, -0.2) is 40.1 Å². The van der Waals surface area contributed by atoms with E-state index in [0.717, 1.165) is 25.7 Å². The Morgan fingerprint density at radius 2 is 2.04 bits per heavy atom. The maximum atomic E-state index is 13.3. The molecule has 26 heavy (non-hydrogen) atoms. The number of hydrogen-bond donors (Lipinski definition) is 1. The molecule has 2 heterocycles. The van der Waals surface area contributed by atoms with Gasteiger partial charge in [0.1, 0.15) is 11.8 Å². The molecule has 142 valence electrons. The third kappa shape index (κ3) is 4.12. The van der Waals surface area contributed by atoms with Crippen molar-refractivity contribution in [3.8, 4) is 11.3 Å². The Balaban J connectivity index is 1.98. The minimum absolute atomic E-state index is 0.111. The lowest BCUT2D eigenvalue weighted by atomic mass is 9.90. The molecule has 9 heteroatoms. The van der Waals surface area contributed by atoms with Crippen LogP contribution in [0.5, 0.6) is 0 Å². The van der Waals surface area contributed by atoms with Crippen LogP contribution in [0.25, 0.3) is 11.3 Å². The summed E-state index contributed by atoms with van der Waals surface area (Å²) in [5.41, 5.74) is 7.53. The van der Waals surface area contributed by atoms with E-state index in [9.17, 15) is 13.2 Å². The molecule has 0 radical (unpaired) electrons. The normalized spacial score (nSPS) is 20.5. The van der Waals surface area contributed by atoms with Gasteiger partial charge in [-0.05, 0) is 37.8 Å². The fraction of sp³-hybridized carbons (Fsp3) is 0.529. The number of halogens is 4. The summed E-state index contributed by atoms with van der Waals surface area (Å²) in [6, 6.07) is 3.41. The fourth-order valence-electron chi connectivity index (χ4n) is 3.45. The first-order valence-electron chi connectivity index (χ1n) is 8.57. The number of alkyl halides is 3. The van der Waals surface area contributed by atoms with E-state index in [0.29, 0.717) is 21.6 Å². The average molecular weight is 388 g/mol. The molecule has 1 saturated carbocycles. The molecule has 1 aliphatic rings. The second-order valence-corrected chi connectivity index (χ2v) is 6.82. The van der Waals surface area contributed by atoms with Gasteiger partial charge in [0.2, 0.25) is 0 Å². The largest absolute Gasteiger partial charge is 0.365 e. The van der Waals surface area contributed by atoms with Crippen molar-refractivity contribution in [1.82, 2.24) is 14.8 Å². The second kappa shape index (κ2) is 8.26. The van der Waals surface area contributed by atoms with Crippen molar-refractivity contribution in [2.24, 2.45) is 5.73 Å². The lowest BCUT2D eigenvalue weighted by Crippen LogP contribution is -2.42. The van der Waals surface area contributed by atoms with Gasteiger partial charge in [0, 0.05) is 36.6 Å². The number of nitrogens with two attached hydrogens (primary N) is 1. The van der Waals surface area contributed by atoms with Crippen LogP contribution in [-0.2, 0) is 0 Å². The molecule has 0 saturated heterocycles. The van der Waals surface area contributed by atoms with Crippen LogP contribution in [0.15, 0.2) is 24.5 Å². The van der Waals surface area contributed by atoms with Gasteiger partial charge in [-0.3, -0.25) is 0 Å². The van der Waals surface area contributed by atoms with Crippen molar-refractivity contribution in [2.45, 2.75) is 44.3 Å². The van der Waals surface area contributed by atoms with E-state index in [2.05, 4.69) is 10.1 Å². The van der Waals surface area contributed by atoms with Crippen LogP contribution >= 0.6 is 11.6 Å². The highest BCUT2D eigenvalue weighted by molar-refractivity contribution is 6.29. The van der Waals surface area contributed by atoms with Gasteiger partial charge in [0.15, 0.2) is 0 Å². The Labute approximate surface area is 154 Å². The quantitative estimate of drug-likeness (QED) is 0.760. The van der Waals surface area contributed by atoms with Crippen LogP contribution < -0.4 is 10.6 Å². The van der Waals surface area contributed by atoms with E-state index >= 15 is 0 Å². The second-order valence-electron chi connectivity index (χ2n) is 6.43. The van der Waals surface area contributed by atoms with E-state index in [4.69, 9.17) is 17.3 Å². The zero-order chi connectivity index (χ0) is 18.7. The highest BCUT2D eigenvalue weighted by atomic mass is 35.5. The molecule has 0 bridgehead atoms. The van der Waals surface area contributed by atoms with Gasteiger partial charge in [-0.1, -0.05) is 11.6 Å². The summed E-state index contributed by atoms with van der Waals surface area (Å²) in [5, 5.41) is 4.17. The number of anilines is 1. The third-order valence-corrected chi connectivity index (χ3v) is 4.96. The molecule has 0 spiro atoms. The Bertz CT molecular complexity index is 731. The van der Waals surface area contributed by atoms with Crippen molar-refractivity contribution < 1.29 is 13.2 Å². The van der Waals surface area contributed by atoms with Crippen molar-refractivity contribution in [3.63, 3.8) is 0 Å². The van der Waals surface area contributed by atoms with Crippen molar-refractivity contribution >= 4 is 17.3 Å². The molecule has 1 fully saturated rings. The topological polar surface area (TPSA) is 60.0 Å². The molecule has 1 aliphatic carbocycles. The van der Waals surface area contributed by atoms with E-state index in [-0.39, 0.29) is 23.8 Å². The Morgan fingerprint density at radius 3 is 2.65 bits per heavy atom. The SMILES string of the molecule is NC1CCC(N(CCF)c2cc(Cl)ncc2-c2ccn(C(F)F)n2)CC1. The molecule has 2 aromatic heterocycles. The van der Waals surface area contributed by atoms with E-state index in [1.807, 2.05) is 4.90 Å². The lowest BCUT2D eigenvalue weighted by molar-refractivity contribution is 0.0568. The minimum Gasteiger partial charge on any atom is -0.365 e. The fourth-order valence-corrected chi connectivity index (χ4v) is 3.60. The first-order chi connectivity index (χ1) is 12.5. The van der Waals surface area contributed by atoms with Crippen molar-refractivity contribution in [3.05, 3.63) is 29.7 Å². The molecular weight excluding hydrogens is 367 g/mol. The summed E-state index contributed by atoms with van der Waals surface area (Å²) < 4.78 is 39.6. The number of aromatic nitrogens is 3. The van der Waals surface area contributed by atoms with Gasteiger partial charge in [-0.15, -0.1) is 0 Å². The summed E-state index contributed by atoms with van der Waals surface area (Å²) in [4.78, 5) is 6.00. The predicted octanol–water partition coefficient (Wildman–Crippen LogP) is 4.04. The summed E-state index contributed by atoms with van der Waals surface area (Å²) in [6.07, 6.45) is 6.11. The number of pyridine rings is 1. The monoisotopic (exact) mass is 387 g/mol. The van der Waals surface area contributed by atoms with Gasteiger partial charge in [0.25, 0.3) is 0 Å². The maximum Gasteiger partial charge on any atom is 0.333 e. The molecule has 0 aliphatic heterocycles. The van der Waals surface area contributed by atoms with E-state index in [1.165, 1.54) is 18.5 Å². The molecule has 3 rings (SSSR count). The van der Waals surface area contributed by atoms with Gasteiger partial charge in [0.05, 0.1) is 11.4 Å². The summed E-state index contributed by atoms with van der Waals surface area (Å²) in [7, 11) is 0. The van der Waals surface area contributed by atoms with Crippen LogP contribution in [0.1, 0.15) is 32.2 Å². The minimum atomic E-state index is -2.73. The third-order valence-electron chi connectivity index (χ3n) is 4.75. The van der Waals surface area contributed by atoms with Gasteiger partial charge in [-0.25, -0.2) is 14.1 Å². The van der Waals surface area contributed by atoms with Crippen LogP contribution in [0, 0.1) is 0 Å². The number of nitrogens with zero attached hydrogens (tertiary/aromatic N) is 4. The lowest BCUT2D eigenvalue weighted by Gasteiger charge is -2.38. The van der Waals surface area contributed by atoms with Gasteiger partial charge >= 0.3 is 6.55 Å². The van der Waals surface area contributed by atoms with Gasteiger partial charge in [-0.2, -0.15) is 13.9 Å². The first-order valence-corrected chi connectivity index (χ1v) is 8.94. The molecule has 2 N–H and O–H groups in total. The zero-order valence-electron chi connectivity index (χ0n) is 14.2. The van der Waals surface area contributed by atoms with Crippen LogP contribution in [0.2, 0.25) is 5.15 Å². The number of hydrogen-bond acceptors (Lipinski definition) is 4. The summed E-state index contributed by atoms with van der Waals surface area (Å²) in [6.45, 7) is -3.08. The Hall–Kier alpha value is -1.80. The zero-order valence-corrected chi connectivity index (χ0v) is 14.9. The van der Waals surface area contributed by atoms with E-state index in [1.54, 1.807) is 6.07 Å². The Kier molecular flexibility index (Phi) is 6.03. The molecule has 0 aromatic carbocycles. The highest BCUT2D eigenvalue weighted by Crippen LogP contribution is 2.35. The molecule has 2 aromatic rings. The first kappa shape index (κ1) is 19.0. The summed E-state index contributed by atoms with van der Waals surface area (Å²) >= 11 is 6.07. The molecule has 0 amide bonds. The van der Waals surface area contributed by atoms with Crippen LogP contribution in [0.3, 0.4) is 0 Å². The molecule has 5 nitrogen and oxygen atoms in total. The standard InChI is InChI=1S/C17H21ClF3N5/c18-16-9-15(25(8-6-19)12-3-1-11(22)2-4-12)13(10-23-16)14-5-7-26(24-14)17(20)21/h5,7,9-12,17H,1-4,6,8,22H2. The van der Waals surface area contributed by atoms with Crippen molar-refractivity contribution in [1.29, 1.82) is 0 Å². The molecular formula is C17H21ClF3N5. The van der Waals surface area contributed by atoms with Crippen LogP contribution in [0.4, 0.5) is 18.9 Å². The van der Waals surface area contributed by atoms with E-state index < -0.39 is 13.2 Å². The molecule has 0 atom stereocenters. The summed E-state index contributed by atoms with van der Waals surface area (Å²) in [5.74, 6) is 0. The number of rotatable bonds is 6. The average Bonchev–Trinajstić information content (AvgIpc) is 3.11. The Morgan fingerprint density at radius 1 is 1.31 bits per heavy atom. The molecule has 0 unspecified atom stereocenters.